The smallest absolute Gasteiger partial charge is 0.416 e. The topological polar surface area (TPSA) is 110 Å². The average molecular weight is 385 g/mol. The molecular formula is C16H14F3N3O5. The van der Waals surface area contributed by atoms with Crippen LogP contribution in [0.3, 0.4) is 0 Å². The van der Waals surface area contributed by atoms with Crippen LogP contribution in [0, 0.1) is 0 Å². The second kappa shape index (κ2) is 8.34. The first kappa shape index (κ1) is 19.9. The Labute approximate surface area is 149 Å². The average Bonchev–Trinajstić information content (AvgIpc) is 2.59. The number of benzene rings is 1. The van der Waals surface area contributed by atoms with Crippen molar-refractivity contribution in [3.8, 4) is 0 Å². The third-order valence-corrected chi connectivity index (χ3v) is 3.31. The normalized spacial score (nSPS) is 11.1. The first-order valence-corrected chi connectivity index (χ1v) is 7.57. The number of nitrogens with one attached hydrogen (secondary N) is 2. The maximum atomic E-state index is 12.4. The summed E-state index contributed by atoms with van der Waals surface area (Å²) in [5.74, 6) is -1.50. The molecule has 0 aliphatic rings. The maximum Gasteiger partial charge on any atom is 0.416 e. The highest BCUT2D eigenvalue weighted by molar-refractivity contribution is 5.92. The van der Waals surface area contributed by atoms with Gasteiger partial charge in [-0.05, 0) is 24.3 Å². The SMILES string of the molecule is O=C(COC(=O)CCn1ccc(=O)[nH]c1=O)Nc1ccc(C(F)(F)F)cc1. The maximum absolute atomic E-state index is 12.4. The van der Waals surface area contributed by atoms with Gasteiger partial charge in [0.2, 0.25) is 0 Å². The monoisotopic (exact) mass is 385 g/mol. The summed E-state index contributed by atoms with van der Waals surface area (Å²) >= 11 is 0. The number of aromatic nitrogens is 2. The van der Waals surface area contributed by atoms with Gasteiger partial charge in [-0.15, -0.1) is 0 Å². The minimum Gasteiger partial charge on any atom is -0.456 e. The van der Waals surface area contributed by atoms with Gasteiger partial charge in [-0.2, -0.15) is 13.2 Å². The number of rotatable bonds is 6. The second-order valence-electron chi connectivity index (χ2n) is 5.34. The van der Waals surface area contributed by atoms with Gasteiger partial charge >= 0.3 is 17.8 Å². The molecule has 0 unspecified atom stereocenters. The molecule has 1 aromatic heterocycles. The number of amides is 1. The molecule has 2 N–H and O–H groups in total. The third-order valence-electron chi connectivity index (χ3n) is 3.31. The Bertz CT molecular complexity index is 932. The lowest BCUT2D eigenvalue weighted by Gasteiger charge is -2.09. The van der Waals surface area contributed by atoms with Gasteiger partial charge in [-0.25, -0.2) is 4.79 Å². The summed E-state index contributed by atoms with van der Waals surface area (Å²) in [7, 11) is 0. The molecule has 27 heavy (non-hydrogen) atoms. The molecule has 0 atom stereocenters. The number of hydrogen-bond donors (Lipinski definition) is 2. The van der Waals surface area contributed by atoms with Gasteiger partial charge in [0, 0.05) is 24.5 Å². The van der Waals surface area contributed by atoms with Crippen molar-refractivity contribution < 1.29 is 27.5 Å². The van der Waals surface area contributed by atoms with E-state index in [1.807, 2.05) is 4.98 Å². The third kappa shape index (κ3) is 6.13. The van der Waals surface area contributed by atoms with Crippen LogP contribution in [-0.2, 0) is 27.0 Å². The van der Waals surface area contributed by atoms with Crippen molar-refractivity contribution in [3.63, 3.8) is 0 Å². The minimum absolute atomic E-state index is 0.0605. The van der Waals surface area contributed by atoms with Gasteiger partial charge in [0.15, 0.2) is 6.61 Å². The number of anilines is 1. The number of alkyl halides is 3. The van der Waals surface area contributed by atoms with E-state index in [1.54, 1.807) is 0 Å². The number of halogens is 3. The fraction of sp³-hybridized carbons (Fsp3) is 0.250. The zero-order chi connectivity index (χ0) is 20.0. The number of H-pyrrole nitrogens is 1. The molecule has 1 heterocycles. The molecule has 0 aliphatic heterocycles. The molecule has 11 heteroatoms. The number of esters is 1. The largest absolute Gasteiger partial charge is 0.456 e. The summed E-state index contributed by atoms with van der Waals surface area (Å²) in [6.07, 6.45) is -3.49. The molecule has 1 aromatic carbocycles. The van der Waals surface area contributed by atoms with Gasteiger partial charge in [0.05, 0.1) is 12.0 Å². The van der Waals surface area contributed by atoms with Crippen molar-refractivity contribution in [2.45, 2.75) is 19.1 Å². The Morgan fingerprint density at radius 3 is 2.37 bits per heavy atom. The zero-order valence-corrected chi connectivity index (χ0v) is 13.7. The molecule has 1 amide bonds. The Hall–Kier alpha value is -3.37. The van der Waals surface area contributed by atoms with E-state index in [4.69, 9.17) is 4.74 Å². The number of aromatic amines is 1. The van der Waals surface area contributed by atoms with E-state index >= 15 is 0 Å². The summed E-state index contributed by atoms with van der Waals surface area (Å²) in [6, 6.07) is 4.88. The van der Waals surface area contributed by atoms with Crippen molar-refractivity contribution in [3.05, 3.63) is 62.9 Å². The predicted octanol–water partition coefficient (Wildman–Crippen LogP) is 1.13. The van der Waals surface area contributed by atoms with E-state index in [-0.39, 0.29) is 18.7 Å². The summed E-state index contributed by atoms with van der Waals surface area (Å²) < 4.78 is 43.2. The van der Waals surface area contributed by atoms with Crippen LogP contribution >= 0.6 is 0 Å². The molecule has 0 bridgehead atoms. The lowest BCUT2D eigenvalue weighted by molar-refractivity contribution is -0.147. The van der Waals surface area contributed by atoms with Gasteiger partial charge in [-0.3, -0.25) is 19.4 Å². The molecule has 0 saturated heterocycles. The molecule has 0 fully saturated rings. The van der Waals surface area contributed by atoms with Crippen LogP contribution in [0.4, 0.5) is 18.9 Å². The van der Waals surface area contributed by atoms with Gasteiger partial charge in [-0.1, -0.05) is 0 Å². The quantitative estimate of drug-likeness (QED) is 0.725. The van der Waals surface area contributed by atoms with Crippen LogP contribution < -0.4 is 16.6 Å². The van der Waals surface area contributed by atoms with Crippen molar-refractivity contribution in [1.82, 2.24) is 9.55 Å². The van der Waals surface area contributed by atoms with Crippen molar-refractivity contribution in [2.75, 3.05) is 11.9 Å². The van der Waals surface area contributed by atoms with Crippen molar-refractivity contribution >= 4 is 17.6 Å². The molecule has 144 valence electrons. The second-order valence-corrected chi connectivity index (χ2v) is 5.34. The first-order chi connectivity index (χ1) is 12.6. The summed E-state index contributed by atoms with van der Waals surface area (Å²) in [4.78, 5) is 47.6. The Morgan fingerprint density at radius 1 is 1.11 bits per heavy atom. The highest BCUT2D eigenvalue weighted by atomic mass is 19.4. The van der Waals surface area contributed by atoms with Crippen molar-refractivity contribution in [2.24, 2.45) is 0 Å². The van der Waals surface area contributed by atoms with E-state index in [1.165, 1.54) is 6.20 Å². The lowest BCUT2D eigenvalue weighted by Crippen LogP contribution is -2.29. The molecule has 0 radical (unpaired) electrons. The molecular weight excluding hydrogens is 371 g/mol. The van der Waals surface area contributed by atoms with Crippen LogP contribution in [0.15, 0.2) is 46.1 Å². The van der Waals surface area contributed by atoms with Crippen LogP contribution in [0.2, 0.25) is 0 Å². The van der Waals surface area contributed by atoms with E-state index in [9.17, 15) is 32.3 Å². The highest BCUT2D eigenvalue weighted by Gasteiger charge is 2.29. The van der Waals surface area contributed by atoms with E-state index < -0.39 is 41.5 Å². The van der Waals surface area contributed by atoms with Crippen LogP contribution in [-0.4, -0.2) is 28.0 Å². The molecule has 2 rings (SSSR count). The molecule has 2 aromatic rings. The van der Waals surface area contributed by atoms with Crippen LogP contribution in [0.25, 0.3) is 0 Å². The lowest BCUT2D eigenvalue weighted by atomic mass is 10.2. The summed E-state index contributed by atoms with van der Waals surface area (Å²) in [5.41, 5.74) is -2.00. The van der Waals surface area contributed by atoms with E-state index in [2.05, 4.69) is 5.32 Å². The Kier molecular flexibility index (Phi) is 6.16. The number of carbonyl (C=O) groups is 2. The van der Waals surface area contributed by atoms with Gasteiger partial charge < -0.3 is 14.6 Å². The molecule has 0 saturated carbocycles. The van der Waals surface area contributed by atoms with Gasteiger partial charge in [0.25, 0.3) is 11.5 Å². The van der Waals surface area contributed by atoms with Crippen molar-refractivity contribution in [1.29, 1.82) is 0 Å². The number of aryl methyl sites for hydroxylation is 1. The fourth-order valence-corrected chi connectivity index (χ4v) is 1.99. The number of hydrogen-bond acceptors (Lipinski definition) is 5. The highest BCUT2D eigenvalue weighted by Crippen LogP contribution is 2.29. The number of carbonyl (C=O) groups excluding carboxylic acids is 2. The first-order valence-electron chi connectivity index (χ1n) is 7.57. The minimum atomic E-state index is -4.48. The van der Waals surface area contributed by atoms with Gasteiger partial charge in [0.1, 0.15) is 0 Å². The van der Waals surface area contributed by atoms with E-state index in [0.717, 1.165) is 34.9 Å². The molecule has 0 spiro atoms. The molecule has 8 nitrogen and oxygen atoms in total. The molecule has 0 aliphatic carbocycles. The number of ether oxygens (including phenoxy) is 1. The Morgan fingerprint density at radius 2 is 1.78 bits per heavy atom. The zero-order valence-electron chi connectivity index (χ0n) is 13.7. The Balaban J connectivity index is 1.78. The number of nitrogens with zero attached hydrogens (tertiary/aromatic N) is 1. The standard InChI is InChI=1S/C16H14F3N3O5/c17-16(18,19)10-1-3-11(4-2-10)20-13(24)9-27-14(25)6-8-22-7-5-12(23)21-15(22)26/h1-5,7H,6,8-9H2,(H,20,24)(H,21,23,26). The summed E-state index contributed by atoms with van der Waals surface area (Å²) in [5, 5.41) is 2.29. The van der Waals surface area contributed by atoms with Crippen LogP contribution in [0.1, 0.15) is 12.0 Å². The summed E-state index contributed by atoms with van der Waals surface area (Å²) in [6.45, 7) is -0.699. The predicted molar refractivity (Wildman–Crippen MR) is 87.0 cm³/mol. The van der Waals surface area contributed by atoms with E-state index in [0.29, 0.717) is 0 Å². The fourth-order valence-electron chi connectivity index (χ4n) is 1.99. The van der Waals surface area contributed by atoms with Crippen LogP contribution in [0.5, 0.6) is 0 Å².